The van der Waals surface area contributed by atoms with Crippen molar-refractivity contribution in [2.45, 2.75) is 25.0 Å². The van der Waals surface area contributed by atoms with Crippen molar-refractivity contribution in [1.29, 1.82) is 0 Å². The van der Waals surface area contributed by atoms with E-state index in [4.69, 9.17) is 4.74 Å². The topological polar surface area (TPSA) is 53.5 Å². The molecule has 0 bridgehead atoms. The number of hydrogen-bond donors (Lipinski definition) is 3. The van der Waals surface area contributed by atoms with Crippen LogP contribution >= 0.6 is 0 Å². The summed E-state index contributed by atoms with van der Waals surface area (Å²) >= 11 is 0. The highest BCUT2D eigenvalue weighted by Gasteiger charge is 2.35. The Morgan fingerprint density at radius 1 is 0.967 bits per heavy atom. The highest BCUT2D eigenvalue weighted by molar-refractivity contribution is 5.65. The number of aliphatic hydroxyl groups excluding tert-OH is 1. The van der Waals surface area contributed by atoms with Gasteiger partial charge in [0.15, 0.2) is 0 Å². The molecule has 1 heterocycles. The Hall–Kier alpha value is -2.66. The lowest BCUT2D eigenvalue weighted by Gasteiger charge is -2.26. The van der Waals surface area contributed by atoms with Gasteiger partial charge in [-0.05, 0) is 41.2 Å². The first-order valence-electron chi connectivity index (χ1n) is 10.6. The lowest BCUT2D eigenvalue weighted by atomic mass is 9.91. The van der Waals surface area contributed by atoms with Gasteiger partial charge >= 0.3 is 0 Å². The monoisotopic (exact) mass is 402 g/mol. The Kier molecular flexibility index (Phi) is 6.80. The molecule has 0 aromatic heterocycles. The van der Waals surface area contributed by atoms with Crippen molar-refractivity contribution in [2.75, 3.05) is 20.3 Å². The third-order valence-corrected chi connectivity index (χ3v) is 6.04. The summed E-state index contributed by atoms with van der Waals surface area (Å²) in [5, 5.41) is 17.0. The van der Waals surface area contributed by atoms with Gasteiger partial charge in [0.1, 0.15) is 5.75 Å². The highest BCUT2D eigenvalue weighted by Crippen LogP contribution is 2.31. The summed E-state index contributed by atoms with van der Waals surface area (Å²) in [5.74, 6) is 1.27. The zero-order chi connectivity index (χ0) is 20.8. The number of benzene rings is 3. The predicted molar refractivity (Wildman–Crippen MR) is 121 cm³/mol. The minimum absolute atomic E-state index is 0.207. The van der Waals surface area contributed by atoms with Crippen LogP contribution in [0.4, 0.5) is 0 Å². The fraction of sp³-hybridized carbons (Fsp3) is 0.308. The Morgan fingerprint density at radius 2 is 1.70 bits per heavy atom. The lowest BCUT2D eigenvalue weighted by Crippen LogP contribution is -2.38. The molecule has 1 aliphatic heterocycles. The van der Waals surface area contributed by atoms with Crippen molar-refractivity contribution in [3.63, 3.8) is 0 Å². The van der Waals surface area contributed by atoms with E-state index < -0.39 is 0 Å². The Labute approximate surface area is 178 Å². The SMILES string of the molecule is COc1ccc(-c2ccccc2)cc1CNC1C(CCO)CNC1c1ccccc1. The van der Waals surface area contributed by atoms with Gasteiger partial charge < -0.3 is 20.5 Å². The van der Waals surface area contributed by atoms with Crippen LogP contribution in [0.15, 0.2) is 78.9 Å². The zero-order valence-corrected chi connectivity index (χ0v) is 17.4. The van der Waals surface area contributed by atoms with Crippen LogP contribution in [0.3, 0.4) is 0 Å². The highest BCUT2D eigenvalue weighted by atomic mass is 16.5. The molecule has 3 N–H and O–H groups in total. The maximum atomic E-state index is 9.56. The van der Waals surface area contributed by atoms with Crippen LogP contribution in [0, 0.1) is 5.92 Å². The fourth-order valence-corrected chi connectivity index (χ4v) is 4.48. The summed E-state index contributed by atoms with van der Waals surface area (Å²) in [6.07, 6.45) is 0.787. The first-order valence-corrected chi connectivity index (χ1v) is 10.6. The van der Waals surface area contributed by atoms with E-state index in [1.54, 1.807) is 7.11 Å². The van der Waals surface area contributed by atoms with E-state index in [-0.39, 0.29) is 18.7 Å². The third-order valence-electron chi connectivity index (χ3n) is 6.04. The van der Waals surface area contributed by atoms with Gasteiger partial charge in [-0.3, -0.25) is 0 Å². The molecule has 4 heteroatoms. The summed E-state index contributed by atoms with van der Waals surface area (Å²) in [5.41, 5.74) is 4.80. The van der Waals surface area contributed by atoms with Crippen LogP contribution in [-0.2, 0) is 6.54 Å². The predicted octanol–water partition coefficient (Wildman–Crippen LogP) is 4.16. The van der Waals surface area contributed by atoms with Crippen LogP contribution in [0.25, 0.3) is 11.1 Å². The van der Waals surface area contributed by atoms with Crippen LogP contribution in [0.2, 0.25) is 0 Å². The molecule has 0 radical (unpaired) electrons. The Morgan fingerprint density at radius 3 is 2.40 bits per heavy atom. The van der Waals surface area contributed by atoms with Crippen molar-refractivity contribution < 1.29 is 9.84 Å². The smallest absolute Gasteiger partial charge is 0.123 e. The summed E-state index contributed by atoms with van der Waals surface area (Å²) in [4.78, 5) is 0. The van der Waals surface area contributed by atoms with Gasteiger partial charge in [-0.25, -0.2) is 0 Å². The average Bonchev–Trinajstić information content (AvgIpc) is 3.21. The normalized spacial score (nSPS) is 20.9. The molecular weight excluding hydrogens is 372 g/mol. The van der Waals surface area contributed by atoms with Crippen molar-refractivity contribution >= 4 is 0 Å². The lowest BCUT2D eigenvalue weighted by molar-refractivity contribution is 0.243. The van der Waals surface area contributed by atoms with E-state index in [9.17, 15) is 5.11 Å². The zero-order valence-electron chi connectivity index (χ0n) is 17.4. The average molecular weight is 403 g/mol. The standard InChI is InChI=1S/C26H30N2O2/c1-30-24-13-12-21(19-8-4-2-5-9-19)16-23(24)18-28-26-22(14-15-29)17-27-25(26)20-10-6-3-7-11-20/h2-13,16,22,25-29H,14-15,17-18H2,1H3. The first kappa shape index (κ1) is 20.6. The maximum absolute atomic E-state index is 9.56. The van der Waals surface area contributed by atoms with Gasteiger partial charge in [-0.15, -0.1) is 0 Å². The number of hydrogen-bond acceptors (Lipinski definition) is 4. The van der Waals surface area contributed by atoms with E-state index in [0.29, 0.717) is 12.5 Å². The molecule has 0 saturated carbocycles. The molecule has 1 fully saturated rings. The van der Waals surface area contributed by atoms with Crippen molar-refractivity contribution in [3.8, 4) is 16.9 Å². The minimum atomic E-state index is 0.207. The fourth-order valence-electron chi connectivity index (χ4n) is 4.48. The molecule has 3 atom stereocenters. The number of ether oxygens (including phenoxy) is 1. The van der Waals surface area contributed by atoms with Gasteiger partial charge in [0.05, 0.1) is 7.11 Å². The number of rotatable bonds is 8. The minimum Gasteiger partial charge on any atom is -0.496 e. The van der Waals surface area contributed by atoms with Crippen molar-refractivity contribution in [1.82, 2.24) is 10.6 Å². The quantitative estimate of drug-likeness (QED) is 0.530. The first-order chi connectivity index (χ1) is 14.8. The van der Waals surface area contributed by atoms with Crippen LogP contribution in [0.5, 0.6) is 5.75 Å². The summed E-state index contributed by atoms with van der Waals surface area (Å²) in [7, 11) is 1.72. The van der Waals surface area contributed by atoms with Crippen LogP contribution in [-0.4, -0.2) is 31.4 Å². The number of aliphatic hydroxyl groups is 1. The summed E-state index contributed by atoms with van der Waals surface area (Å²) < 4.78 is 5.64. The molecular formula is C26H30N2O2. The van der Waals surface area contributed by atoms with Crippen molar-refractivity contribution in [3.05, 3.63) is 90.0 Å². The second-order valence-corrected chi connectivity index (χ2v) is 7.87. The molecule has 0 aliphatic carbocycles. The van der Waals surface area contributed by atoms with Gasteiger partial charge in [-0.2, -0.15) is 0 Å². The van der Waals surface area contributed by atoms with E-state index in [2.05, 4.69) is 71.3 Å². The molecule has 4 nitrogen and oxygen atoms in total. The number of methoxy groups -OCH3 is 1. The molecule has 156 valence electrons. The molecule has 0 amide bonds. The van der Waals surface area contributed by atoms with Crippen molar-refractivity contribution in [2.24, 2.45) is 5.92 Å². The molecule has 3 unspecified atom stereocenters. The van der Waals surface area contributed by atoms with E-state index in [0.717, 1.165) is 24.3 Å². The van der Waals surface area contributed by atoms with Gasteiger partial charge in [0, 0.05) is 37.3 Å². The molecule has 30 heavy (non-hydrogen) atoms. The van der Waals surface area contributed by atoms with Gasteiger partial charge in [0.2, 0.25) is 0 Å². The molecule has 3 aromatic carbocycles. The third kappa shape index (κ3) is 4.57. The Balaban J connectivity index is 1.56. The second kappa shape index (κ2) is 9.90. The van der Waals surface area contributed by atoms with Gasteiger partial charge in [-0.1, -0.05) is 66.7 Å². The molecule has 3 aromatic rings. The molecule has 1 aliphatic rings. The van der Waals surface area contributed by atoms with E-state index in [1.807, 2.05) is 18.2 Å². The number of nitrogens with one attached hydrogen (secondary N) is 2. The van der Waals surface area contributed by atoms with Crippen LogP contribution in [0.1, 0.15) is 23.6 Å². The maximum Gasteiger partial charge on any atom is 0.123 e. The Bertz CT molecular complexity index is 930. The second-order valence-electron chi connectivity index (χ2n) is 7.87. The summed E-state index contributed by atoms with van der Waals surface area (Å²) in [6, 6.07) is 27.8. The largest absolute Gasteiger partial charge is 0.496 e. The molecule has 0 spiro atoms. The van der Waals surface area contributed by atoms with E-state index >= 15 is 0 Å². The molecule has 4 rings (SSSR count). The van der Waals surface area contributed by atoms with Gasteiger partial charge in [0.25, 0.3) is 0 Å². The summed E-state index contributed by atoms with van der Waals surface area (Å²) in [6.45, 7) is 1.82. The van der Waals surface area contributed by atoms with E-state index in [1.165, 1.54) is 16.7 Å². The molecule has 1 saturated heterocycles. The van der Waals surface area contributed by atoms with Crippen LogP contribution < -0.4 is 15.4 Å².